The number of alkyl halides is 3. The number of benzene rings is 1. The van der Waals surface area contributed by atoms with Crippen molar-refractivity contribution in [3.63, 3.8) is 0 Å². The van der Waals surface area contributed by atoms with Crippen LogP contribution in [0.15, 0.2) is 18.2 Å². The van der Waals surface area contributed by atoms with Crippen LogP contribution in [0.5, 0.6) is 0 Å². The summed E-state index contributed by atoms with van der Waals surface area (Å²) in [5.41, 5.74) is -1.33. The third kappa shape index (κ3) is 4.27. The first-order valence-corrected chi connectivity index (χ1v) is 6.98. The highest BCUT2D eigenvalue weighted by molar-refractivity contribution is 5.96. The number of ketones is 1. The molecule has 0 spiro atoms. The number of Topliss-reactive ketones (excluding diaryl/α,β-unsaturated/α-hetero) is 1. The van der Waals surface area contributed by atoms with Gasteiger partial charge in [-0.1, -0.05) is 6.07 Å². The molecule has 2 rings (SSSR count). The van der Waals surface area contributed by atoms with Crippen LogP contribution in [0.2, 0.25) is 0 Å². The van der Waals surface area contributed by atoms with Crippen molar-refractivity contribution in [2.24, 2.45) is 5.92 Å². The lowest BCUT2D eigenvalue weighted by Crippen LogP contribution is -2.30. The van der Waals surface area contributed by atoms with E-state index < -0.39 is 17.6 Å². The number of hydrogen-bond acceptors (Lipinski definition) is 2. The fourth-order valence-electron chi connectivity index (χ4n) is 2.57. The van der Waals surface area contributed by atoms with Gasteiger partial charge in [0.1, 0.15) is 5.82 Å². The Balaban J connectivity index is 1.97. The zero-order valence-electron chi connectivity index (χ0n) is 11.5. The van der Waals surface area contributed by atoms with Crippen molar-refractivity contribution in [3.05, 3.63) is 35.1 Å². The van der Waals surface area contributed by atoms with Crippen molar-refractivity contribution in [2.75, 3.05) is 13.1 Å². The van der Waals surface area contributed by atoms with Crippen LogP contribution < -0.4 is 5.32 Å². The molecule has 2 nitrogen and oxygen atoms in total. The smallest absolute Gasteiger partial charge is 0.316 e. The number of carbonyl (C=O) groups is 1. The standard InChI is InChI=1S/C15H17F4NO/c16-13-8-11(4-5-12(13)15(17,18)19)14(21)6-3-10-2-1-7-20-9-10/h4-5,8,10,20H,1-3,6-7,9H2. The summed E-state index contributed by atoms with van der Waals surface area (Å²) in [4.78, 5) is 11.9. The molecule has 1 fully saturated rings. The van der Waals surface area contributed by atoms with Gasteiger partial charge in [0, 0.05) is 12.0 Å². The number of nitrogens with one attached hydrogen (secondary N) is 1. The van der Waals surface area contributed by atoms with E-state index in [-0.39, 0.29) is 17.8 Å². The quantitative estimate of drug-likeness (QED) is 0.677. The number of carbonyl (C=O) groups excluding carboxylic acids is 1. The predicted octanol–water partition coefficient (Wildman–Crippen LogP) is 3.81. The van der Waals surface area contributed by atoms with E-state index in [0.29, 0.717) is 24.5 Å². The largest absolute Gasteiger partial charge is 0.419 e. The van der Waals surface area contributed by atoms with Crippen molar-refractivity contribution in [1.29, 1.82) is 0 Å². The normalized spacial score (nSPS) is 19.5. The van der Waals surface area contributed by atoms with Crippen molar-refractivity contribution in [3.8, 4) is 0 Å². The lowest BCUT2D eigenvalue weighted by atomic mass is 9.92. The van der Waals surface area contributed by atoms with Gasteiger partial charge in [-0.2, -0.15) is 13.2 Å². The average Bonchev–Trinajstić information content (AvgIpc) is 2.44. The molecular formula is C15H17F4NO. The summed E-state index contributed by atoms with van der Waals surface area (Å²) >= 11 is 0. The van der Waals surface area contributed by atoms with Gasteiger partial charge in [0.25, 0.3) is 0 Å². The van der Waals surface area contributed by atoms with Crippen LogP contribution in [-0.2, 0) is 6.18 Å². The van der Waals surface area contributed by atoms with E-state index in [1.807, 2.05) is 0 Å². The van der Waals surface area contributed by atoms with E-state index in [1.165, 1.54) is 0 Å². The van der Waals surface area contributed by atoms with Gasteiger partial charge in [0.2, 0.25) is 0 Å². The Morgan fingerprint density at radius 3 is 2.67 bits per heavy atom. The van der Waals surface area contributed by atoms with E-state index in [4.69, 9.17) is 0 Å². The van der Waals surface area contributed by atoms with Crippen LogP contribution in [0.25, 0.3) is 0 Å². The Labute approximate surface area is 120 Å². The molecule has 1 aliphatic heterocycles. The van der Waals surface area contributed by atoms with Gasteiger partial charge in [-0.25, -0.2) is 4.39 Å². The Morgan fingerprint density at radius 1 is 1.33 bits per heavy atom. The summed E-state index contributed by atoms with van der Waals surface area (Å²) in [7, 11) is 0. The lowest BCUT2D eigenvalue weighted by Gasteiger charge is -2.22. The zero-order valence-corrected chi connectivity index (χ0v) is 11.5. The Hall–Kier alpha value is -1.43. The number of piperidine rings is 1. The number of rotatable bonds is 4. The Morgan fingerprint density at radius 2 is 2.10 bits per heavy atom. The van der Waals surface area contributed by atoms with Crippen LogP contribution in [-0.4, -0.2) is 18.9 Å². The zero-order chi connectivity index (χ0) is 15.5. The van der Waals surface area contributed by atoms with Crippen LogP contribution >= 0.6 is 0 Å². The summed E-state index contributed by atoms with van der Waals surface area (Å²) in [6.45, 7) is 1.84. The summed E-state index contributed by atoms with van der Waals surface area (Å²) in [6, 6.07) is 2.36. The molecule has 1 unspecified atom stereocenters. The van der Waals surface area contributed by atoms with Crippen LogP contribution in [0.4, 0.5) is 17.6 Å². The second-order valence-corrected chi connectivity index (χ2v) is 5.37. The molecule has 0 aliphatic carbocycles. The molecule has 6 heteroatoms. The Bertz CT molecular complexity index is 507. The minimum absolute atomic E-state index is 0.00395. The van der Waals surface area contributed by atoms with E-state index in [1.54, 1.807) is 0 Å². The molecule has 1 atom stereocenters. The minimum atomic E-state index is -4.74. The first kappa shape index (κ1) is 15.9. The van der Waals surface area contributed by atoms with Gasteiger partial charge in [-0.3, -0.25) is 4.79 Å². The molecule has 1 aromatic carbocycles. The van der Waals surface area contributed by atoms with Gasteiger partial charge < -0.3 is 5.32 Å². The van der Waals surface area contributed by atoms with Crippen molar-refractivity contribution in [2.45, 2.75) is 31.9 Å². The fourth-order valence-corrected chi connectivity index (χ4v) is 2.57. The summed E-state index contributed by atoms with van der Waals surface area (Å²) in [5, 5.41) is 3.24. The molecule has 1 saturated heterocycles. The highest BCUT2D eigenvalue weighted by atomic mass is 19.4. The third-order valence-corrected chi connectivity index (χ3v) is 3.78. The minimum Gasteiger partial charge on any atom is -0.316 e. The van der Waals surface area contributed by atoms with E-state index in [2.05, 4.69) is 5.32 Å². The molecular weight excluding hydrogens is 286 g/mol. The second kappa shape index (κ2) is 6.56. The summed E-state index contributed by atoms with van der Waals surface area (Å²) < 4.78 is 50.7. The molecule has 1 aromatic rings. The summed E-state index contributed by atoms with van der Waals surface area (Å²) in [6.07, 6.45) is -1.72. The van der Waals surface area contributed by atoms with E-state index in [9.17, 15) is 22.4 Å². The van der Waals surface area contributed by atoms with E-state index in [0.717, 1.165) is 32.0 Å². The van der Waals surface area contributed by atoms with Crippen LogP contribution in [0, 0.1) is 11.7 Å². The molecule has 1 aliphatic rings. The first-order chi connectivity index (χ1) is 9.88. The molecule has 116 valence electrons. The highest BCUT2D eigenvalue weighted by Gasteiger charge is 2.34. The maximum atomic E-state index is 13.4. The van der Waals surface area contributed by atoms with Crippen LogP contribution in [0.1, 0.15) is 41.6 Å². The molecule has 0 bridgehead atoms. The molecule has 1 N–H and O–H groups in total. The molecule has 21 heavy (non-hydrogen) atoms. The SMILES string of the molecule is O=C(CCC1CCCNC1)c1ccc(C(F)(F)F)c(F)c1. The predicted molar refractivity (Wildman–Crippen MR) is 70.6 cm³/mol. The topological polar surface area (TPSA) is 29.1 Å². The van der Waals surface area contributed by atoms with Gasteiger partial charge in [0.15, 0.2) is 5.78 Å². The summed E-state index contributed by atoms with van der Waals surface area (Å²) in [5.74, 6) is -1.30. The first-order valence-electron chi connectivity index (χ1n) is 6.98. The maximum absolute atomic E-state index is 13.4. The fraction of sp³-hybridized carbons (Fsp3) is 0.533. The van der Waals surface area contributed by atoms with Crippen molar-refractivity contribution < 1.29 is 22.4 Å². The molecule has 1 heterocycles. The van der Waals surface area contributed by atoms with Gasteiger partial charge in [-0.05, 0) is 50.4 Å². The van der Waals surface area contributed by atoms with Crippen molar-refractivity contribution >= 4 is 5.78 Å². The molecule has 0 aromatic heterocycles. The maximum Gasteiger partial charge on any atom is 0.419 e. The second-order valence-electron chi connectivity index (χ2n) is 5.37. The van der Waals surface area contributed by atoms with Gasteiger partial charge in [-0.15, -0.1) is 0 Å². The number of hydrogen-bond donors (Lipinski definition) is 1. The highest BCUT2D eigenvalue weighted by Crippen LogP contribution is 2.31. The van der Waals surface area contributed by atoms with Gasteiger partial charge >= 0.3 is 6.18 Å². The average molecular weight is 303 g/mol. The van der Waals surface area contributed by atoms with E-state index >= 15 is 0 Å². The number of halogens is 4. The van der Waals surface area contributed by atoms with Crippen LogP contribution in [0.3, 0.4) is 0 Å². The van der Waals surface area contributed by atoms with Gasteiger partial charge in [0.05, 0.1) is 5.56 Å². The molecule has 0 saturated carbocycles. The lowest BCUT2D eigenvalue weighted by molar-refractivity contribution is -0.140. The monoisotopic (exact) mass is 303 g/mol. The third-order valence-electron chi connectivity index (χ3n) is 3.78. The Kier molecular flexibility index (Phi) is 4.98. The van der Waals surface area contributed by atoms with Crippen molar-refractivity contribution in [1.82, 2.24) is 5.32 Å². The molecule has 0 radical (unpaired) electrons. The molecule has 0 amide bonds.